The molecule has 3 aromatic carbocycles. The van der Waals surface area contributed by atoms with Crippen LogP contribution in [-0.4, -0.2) is 23.9 Å². The van der Waals surface area contributed by atoms with Crippen LogP contribution in [0.4, 0.5) is 15.8 Å². The van der Waals surface area contributed by atoms with Crippen molar-refractivity contribution in [3.8, 4) is 0 Å². The van der Waals surface area contributed by atoms with E-state index in [1.54, 1.807) is 30.3 Å². The predicted molar refractivity (Wildman–Crippen MR) is 106 cm³/mol. The zero-order valence-electron chi connectivity index (χ0n) is 14.8. The molecule has 146 valence electrons. The highest BCUT2D eigenvalue weighted by molar-refractivity contribution is 7.93. The Morgan fingerprint density at radius 1 is 0.786 bits per heavy atom. The molecule has 0 unspecified atom stereocenters. The third-order valence-electron chi connectivity index (χ3n) is 3.97. The zero-order chi connectivity index (χ0) is 20.4. The molecule has 6 nitrogen and oxygen atoms in total. The van der Waals surface area contributed by atoms with Gasteiger partial charge in [0, 0.05) is 7.05 Å². The molecule has 28 heavy (non-hydrogen) atoms. The average molecular weight is 420 g/mol. The summed E-state index contributed by atoms with van der Waals surface area (Å²) in [7, 11) is -6.56. The normalized spacial score (nSPS) is 11.8. The molecule has 0 atom stereocenters. The molecule has 1 N–H and O–H groups in total. The van der Waals surface area contributed by atoms with Crippen LogP contribution in [-0.2, 0) is 20.0 Å². The van der Waals surface area contributed by atoms with E-state index >= 15 is 0 Å². The van der Waals surface area contributed by atoms with Crippen molar-refractivity contribution in [1.29, 1.82) is 0 Å². The van der Waals surface area contributed by atoms with E-state index in [9.17, 15) is 21.2 Å². The lowest BCUT2D eigenvalue weighted by atomic mass is 10.3. The summed E-state index contributed by atoms with van der Waals surface area (Å²) in [6.45, 7) is 0. The van der Waals surface area contributed by atoms with E-state index in [-0.39, 0.29) is 15.5 Å². The van der Waals surface area contributed by atoms with Crippen LogP contribution in [0.2, 0.25) is 0 Å². The number of nitrogens with one attached hydrogen (secondary N) is 1. The van der Waals surface area contributed by atoms with Gasteiger partial charge in [-0.15, -0.1) is 0 Å². The molecular formula is C19H17FN2O4S2. The minimum atomic E-state index is -4.07. The fraction of sp³-hybridized carbons (Fsp3) is 0.0526. The molecule has 0 aromatic heterocycles. The standard InChI is InChI=1S/C19H17FN2O4S2/c1-22(17-9-3-2-4-10-17)28(25,26)19-12-6-8-16(14-19)21-27(23,24)18-11-5-7-15(20)13-18/h2-14,21H,1H3. The van der Waals surface area contributed by atoms with Gasteiger partial charge in [-0.1, -0.05) is 30.3 Å². The molecule has 0 radical (unpaired) electrons. The molecule has 0 aliphatic heterocycles. The largest absolute Gasteiger partial charge is 0.280 e. The number of hydrogen-bond donors (Lipinski definition) is 1. The summed E-state index contributed by atoms with van der Waals surface area (Å²) < 4.78 is 67.3. The lowest BCUT2D eigenvalue weighted by Crippen LogP contribution is -2.26. The Kier molecular flexibility index (Phi) is 5.39. The molecule has 3 rings (SSSR count). The van der Waals surface area contributed by atoms with Gasteiger partial charge >= 0.3 is 0 Å². The molecular weight excluding hydrogens is 403 g/mol. The van der Waals surface area contributed by atoms with Gasteiger partial charge in [0.1, 0.15) is 5.82 Å². The average Bonchev–Trinajstić information content (AvgIpc) is 2.68. The highest BCUT2D eigenvalue weighted by Crippen LogP contribution is 2.25. The summed E-state index contributed by atoms with van der Waals surface area (Å²) in [6.07, 6.45) is 0. The molecule has 3 aromatic rings. The van der Waals surface area contributed by atoms with Gasteiger partial charge in [0.15, 0.2) is 0 Å². The Labute approximate surface area is 163 Å². The van der Waals surface area contributed by atoms with E-state index in [0.717, 1.165) is 16.4 Å². The Hall–Kier alpha value is -2.91. The zero-order valence-corrected chi connectivity index (χ0v) is 16.4. The first-order valence-electron chi connectivity index (χ1n) is 8.12. The van der Waals surface area contributed by atoms with Gasteiger partial charge in [-0.05, 0) is 48.5 Å². The molecule has 0 saturated heterocycles. The second-order valence-corrected chi connectivity index (χ2v) is 9.55. The van der Waals surface area contributed by atoms with Gasteiger partial charge in [0.2, 0.25) is 0 Å². The molecule has 0 saturated carbocycles. The highest BCUT2D eigenvalue weighted by atomic mass is 32.2. The predicted octanol–water partition coefficient (Wildman–Crippen LogP) is 3.45. The van der Waals surface area contributed by atoms with Crippen molar-refractivity contribution in [2.75, 3.05) is 16.1 Å². The Morgan fingerprint density at radius 2 is 1.43 bits per heavy atom. The second kappa shape index (κ2) is 7.61. The summed E-state index contributed by atoms with van der Waals surface area (Å²) in [4.78, 5) is -0.347. The Bertz CT molecular complexity index is 1200. The molecule has 0 bridgehead atoms. The Morgan fingerprint density at radius 3 is 2.11 bits per heavy atom. The van der Waals surface area contributed by atoms with Crippen LogP contribution in [0.15, 0.2) is 88.7 Å². The van der Waals surface area contributed by atoms with Crippen molar-refractivity contribution in [3.05, 3.63) is 84.7 Å². The third kappa shape index (κ3) is 4.15. The van der Waals surface area contributed by atoms with Gasteiger partial charge in [-0.2, -0.15) is 0 Å². The van der Waals surface area contributed by atoms with Crippen molar-refractivity contribution in [2.45, 2.75) is 9.79 Å². The number of halogens is 1. The first kappa shape index (κ1) is 19.8. The summed E-state index contributed by atoms with van der Waals surface area (Å²) in [6, 6.07) is 18.4. The van der Waals surface area contributed by atoms with E-state index < -0.39 is 25.9 Å². The number of nitrogens with zero attached hydrogens (tertiary/aromatic N) is 1. The van der Waals surface area contributed by atoms with Crippen molar-refractivity contribution in [2.24, 2.45) is 0 Å². The molecule has 9 heteroatoms. The topological polar surface area (TPSA) is 83.6 Å². The monoisotopic (exact) mass is 420 g/mol. The molecule has 0 fully saturated rings. The maximum atomic E-state index is 13.3. The maximum absolute atomic E-state index is 13.3. The summed E-state index contributed by atoms with van der Waals surface area (Å²) in [5.74, 6) is -0.691. The van der Waals surface area contributed by atoms with Gasteiger partial charge < -0.3 is 0 Å². The van der Waals surface area contributed by atoms with Gasteiger partial charge in [0.05, 0.1) is 21.2 Å². The molecule has 0 aliphatic rings. The van der Waals surface area contributed by atoms with E-state index in [1.165, 1.54) is 43.4 Å². The van der Waals surface area contributed by atoms with Gasteiger partial charge in [-0.25, -0.2) is 21.2 Å². The third-order valence-corrected chi connectivity index (χ3v) is 7.13. The van der Waals surface area contributed by atoms with Crippen LogP contribution >= 0.6 is 0 Å². The van der Waals surface area contributed by atoms with E-state index in [1.807, 2.05) is 0 Å². The first-order chi connectivity index (χ1) is 13.2. The van der Waals surface area contributed by atoms with E-state index in [4.69, 9.17) is 0 Å². The fourth-order valence-electron chi connectivity index (χ4n) is 2.50. The lowest BCUT2D eigenvalue weighted by Gasteiger charge is -2.20. The molecule has 0 spiro atoms. The quantitative estimate of drug-likeness (QED) is 0.662. The minimum absolute atomic E-state index is 0.0480. The number of hydrogen-bond acceptors (Lipinski definition) is 4. The van der Waals surface area contributed by atoms with Gasteiger partial charge in [-0.3, -0.25) is 9.03 Å². The summed E-state index contributed by atoms with van der Waals surface area (Å²) in [5.41, 5.74) is 0.514. The SMILES string of the molecule is CN(c1ccccc1)S(=O)(=O)c1cccc(NS(=O)(=O)c2cccc(F)c2)c1. The van der Waals surface area contributed by atoms with Crippen LogP contribution in [0, 0.1) is 5.82 Å². The Balaban J connectivity index is 1.92. The number of anilines is 2. The van der Waals surface area contributed by atoms with Gasteiger partial charge in [0.25, 0.3) is 20.0 Å². The van der Waals surface area contributed by atoms with Crippen LogP contribution in [0.5, 0.6) is 0 Å². The maximum Gasteiger partial charge on any atom is 0.264 e. The van der Waals surface area contributed by atoms with E-state index in [2.05, 4.69) is 4.72 Å². The van der Waals surface area contributed by atoms with Crippen LogP contribution < -0.4 is 9.03 Å². The number of benzene rings is 3. The van der Waals surface area contributed by atoms with Crippen molar-refractivity contribution in [3.63, 3.8) is 0 Å². The van der Waals surface area contributed by atoms with Crippen LogP contribution in [0.3, 0.4) is 0 Å². The highest BCUT2D eigenvalue weighted by Gasteiger charge is 2.22. The van der Waals surface area contributed by atoms with Crippen LogP contribution in [0.1, 0.15) is 0 Å². The number of sulfonamides is 2. The fourth-order valence-corrected chi connectivity index (χ4v) is 4.83. The van der Waals surface area contributed by atoms with Crippen molar-refractivity contribution < 1.29 is 21.2 Å². The number of para-hydroxylation sites is 1. The molecule has 0 aliphatic carbocycles. The van der Waals surface area contributed by atoms with E-state index in [0.29, 0.717) is 5.69 Å². The number of rotatable bonds is 6. The van der Waals surface area contributed by atoms with Crippen molar-refractivity contribution >= 4 is 31.4 Å². The lowest BCUT2D eigenvalue weighted by molar-refractivity contribution is 0.593. The second-order valence-electron chi connectivity index (χ2n) is 5.90. The van der Waals surface area contributed by atoms with Crippen molar-refractivity contribution in [1.82, 2.24) is 0 Å². The summed E-state index contributed by atoms with van der Waals surface area (Å²) in [5, 5.41) is 0. The first-order valence-corrected chi connectivity index (χ1v) is 11.0. The van der Waals surface area contributed by atoms with Crippen LogP contribution in [0.25, 0.3) is 0 Å². The molecule has 0 heterocycles. The smallest absolute Gasteiger partial charge is 0.264 e. The minimum Gasteiger partial charge on any atom is -0.280 e. The summed E-state index contributed by atoms with van der Waals surface area (Å²) >= 11 is 0. The molecule has 0 amide bonds.